The van der Waals surface area contributed by atoms with Gasteiger partial charge in [0, 0.05) is 6.07 Å². The Morgan fingerprint density at radius 1 is 1.59 bits per heavy atom. The first kappa shape index (κ1) is 11.7. The average Bonchev–Trinajstić information content (AvgIpc) is 2.95. The zero-order valence-corrected chi connectivity index (χ0v) is 10.3. The second kappa shape index (κ2) is 4.58. The van der Waals surface area contributed by atoms with Crippen LogP contribution in [-0.2, 0) is 9.53 Å². The number of ether oxygens (including phenoxy) is 1. The molecule has 1 unspecified atom stereocenters. The number of thiophene rings is 1. The molecule has 0 aliphatic carbocycles. The van der Waals surface area contributed by atoms with Crippen LogP contribution in [-0.4, -0.2) is 22.9 Å². The van der Waals surface area contributed by atoms with Crippen molar-refractivity contribution in [3.05, 3.63) is 33.9 Å². The normalized spacial score (nSPS) is 12.4. The highest BCUT2D eigenvalue weighted by Crippen LogP contribution is 2.21. The molecule has 0 spiro atoms. The number of methoxy groups -OCH3 is 1. The summed E-state index contributed by atoms with van der Waals surface area (Å²) in [5.41, 5.74) is 0.465. The summed E-state index contributed by atoms with van der Waals surface area (Å²) in [6, 6.07) is 4.63. The fourth-order valence-corrected chi connectivity index (χ4v) is 2.22. The van der Waals surface area contributed by atoms with Crippen LogP contribution in [0.4, 0.5) is 0 Å². The summed E-state index contributed by atoms with van der Waals surface area (Å²) < 4.78 is 5.87. The zero-order chi connectivity index (χ0) is 12.4. The van der Waals surface area contributed by atoms with Gasteiger partial charge in [0.15, 0.2) is 0 Å². The van der Waals surface area contributed by atoms with Crippen LogP contribution in [0.3, 0.4) is 0 Å². The lowest BCUT2D eigenvalue weighted by molar-refractivity contribution is -0.144. The Balaban J connectivity index is 2.38. The van der Waals surface area contributed by atoms with E-state index in [-0.39, 0.29) is 5.56 Å². The van der Waals surface area contributed by atoms with Gasteiger partial charge in [-0.1, -0.05) is 6.07 Å². The van der Waals surface area contributed by atoms with Crippen LogP contribution in [0.15, 0.2) is 28.4 Å². The van der Waals surface area contributed by atoms with Gasteiger partial charge in [-0.2, -0.15) is 0 Å². The fraction of sp³-hybridized carbons (Fsp3) is 0.273. The van der Waals surface area contributed by atoms with Crippen molar-refractivity contribution in [2.75, 3.05) is 7.11 Å². The van der Waals surface area contributed by atoms with Gasteiger partial charge in [-0.15, -0.1) is 11.3 Å². The molecule has 1 N–H and O–H groups in total. The number of carbonyl (C=O) groups excluding carboxylic acids is 1. The molecule has 2 rings (SSSR count). The van der Waals surface area contributed by atoms with Gasteiger partial charge in [-0.3, -0.25) is 9.89 Å². The maximum atomic E-state index is 11.7. The first-order valence-electron chi connectivity index (χ1n) is 5.06. The van der Waals surface area contributed by atoms with Crippen molar-refractivity contribution < 1.29 is 9.53 Å². The van der Waals surface area contributed by atoms with Gasteiger partial charge in [0.05, 0.1) is 17.7 Å². The highest BCUT2D eigenvalue weighted by atomic mass is 32.1. The summed E-state index contributed by atoms with van der Waals surface area (Å²) in [6.45, 7) is 1.61. The fourth-order valence-electron chi connectivity index (χ4n) is 1.53. The van der Waals surface area contributed by atoms with Crippen LogP contribution in [0.25, 0.3) is 10.6 Å². The first-order chi connectivity index (χ1) is 8.13. The van der Waals surface area contributed by atoms with E-state index in [1.54, 1.807) is 6.92 Å². The Morgan fingerprint density at radius 3 is 2.94 bits per heavy atom. The second-order valence-electron chi connectivity index (χ2n) is 3.55. The van der Waals surface area contributed by atoms with Gasteiger partial charge >= 0.3 is 5.97 Å². The lowest BCUT2D eigenvalue weighted by Crippen LogP contribution is -2.26. The van der Waals surface area contributed by atoms with Crippen LogP contribution >= 0.6 is 11.3 Å². The van der Waals surface area contributed by atoms with Gasteiger partial charge in [0.1, 0.15) is 6.04 Å². The smallest absolute Gasteiger partial charge is 0.330 e. The number of hydrogen-bond acceptors (Lipinski definition) is 4. The van der Waals surface area contributed by atoms with Crippen molar-refractivity contribution in [3.8, 4) is 10.6 Å². The Kier molecular flexibility index (Phi) is 3.14. The van der Waals surface area contributed by atoms with E-state index in [0.29, 0.717) is 5.69 Å². The van der Waals surface area contributed by atoms with Gasteiger partial charge in [-0.05, 0) is 18.4 Å². The third kappa shape index (κ3) is 2.16. The standard InChI is InChI=1S/C11H12N2O3S/c1-7(11(15)16-2)13-10(14)6-8(12-13)9-4-3-5-17-9/h3-7,12H,1-2H3. The van der Waals surface area contributed by atoms with Crippen LogP contribution in [0.1, 0.15) is 13.0 Å². The molecular weight excluding hydrogens is 240 g/mol. The number of aromatic amines is 1. The summed E-state index contributed by atoms with van der Waals surface area (Å²) in [6.07, 6.45) is 0. The highest BCUT2D eigenvalue weighted by molar-refractivity contribution is 7.13. The molecular formula is C11H12N2O3S. The molecule has 0 aliphatic rings. The quantitative estimate of drug-likeness (QED) is 0.844. The van der Waals surface area contributed by atoms with Crippen molar-refractivity contribution >= 4 is 17.3 Å². The van der Waals surface area contributed by atoms with Crippen LogP contribution < -0.4 is 5.56 Å². The second-order valence-corrected chi connectivity index (χ2v) is 4.50. The third-order valence-corrected chi connectivity index (χ3v) is 3.37. The molecule has 1 atom stereocenters. The molecule has 0 saturated carbocycles. The van der Waals surface area contributed by atoms with E-state index >= 15 is 0 Å². The lowest BCUT2D eigenvalue weighted by Gasteiger charge is -2.09. The van der Waals surface area contributed by atoms with Crippen molar-refractivity contribution in [2.45, 2.75) is 13.0 Å². The van der Waals surface area contributed by atoms with Crippen molar-refractivity contribution in [1.29, 1.82) is 0 Å². The predicted molar refractivity (Wildman–Crippen MR) is 65.1 cm³/mol. The van der Waals surface area contributed by atoms with Gasteiger partial charge < -0.3 is 4.74 Å². The number of aromatic nitrogens is 2. The molecule has 0 aliphatic heterocycles. The molecule has 0 amide bonds. The molecule has 0 aromatic carbocycles. The van der Waals surface area contributed by atoms with E-state index in [0.717, 1.165) is 4.88 Å². The lowest BCUT2D eigenvalue weighted by atomic mass is 10.3. The first-order valence-corrected chi connectivity index (χ1v) is 5.94. The zero-order valence-electron chi connectivity index (χ0n) is 9.47. The van der Waals surface area contributed by atoms with Crippen LogP contribution in [0.2, 0.25) is 0 Å². The maximum absolute atomic E-state index is 11.7. The molecule has 17 heavy (non-hydrogen) atoms. The number of esters is 1. The van der Waals surface area contributed by atoms with Crippen molar-refractivity contribution in [1.82, 2.24) is 9.78 Å². The van der Waals surface area contributed by atoms with Crippen molar-refractivity contribution in [3.63, 3.8) is 0 Å². The summed E-state index contributed by atoms with van der Waals surface area (Å²) in [7, 11) is 1.30. The molecule has 0 radical (unpaired) electrons. The molecule has 6 heteroatoms. The van der Waals surface area contributed by atoms with Crippen LogP contribution in [0, 0.1) is 0 Å². The Morgan fingerprint density at radius 2 is 2.35 bits per heavy atom. The Labute approximate surface area is 102 Å². The molecule has 0 saturated heterocycles. The van der Waals surface area contributed by atoms with Gasteiger partial charge in [0.25, 0.3) is 5.56 Å². The predicted octanol–water partition coefficient (Wildman–Crippen LogP) is 1.64. The van der Waals surface area contributed by atoms with Crippen LogP contribution in [0.5, 0.6) is 0 Å². The molecule has 2 heterocycles. The summed E-state index contributed by atoms with van der Waals surface area (Å²) in [5.74, 6) is -0.452. The third-order valence-electron chi connectivity index (χ3n) is 2.46. The number of carbonyl (C=O) groups is 1. The highest BCUT2D eigenvalue weighted by Gasteiger charge is 2.18. The number of hydrogen-bond donors (Lipinski definition) is 1. The molecule has 5 nitrogen and oxygen atoms in total. The molecule has 90 valence electrons. The van der Waals surface area contributed by atoms with E-state index in [1.807, 2.05) is 17.5 Å². The summed E-state index contributed by atoms with van der Waals surface area (Å²) in [4.78, 5) is 24.0. The Bertz CT molecular complexity index is 568. The average molecular weight is 252 g/mol. The van der Waals surface area contributed by atoms with Gasteiger partial charge in [0.2, 0.25) is 0 Å². The summed E-state index contributed by atoms with van der Waals surface area (Å²) >= 11 is 1.52. The SMILES string of the molecule is COC(=O)C(C)n1[nH]c(-c2cccs2)cc1=O. The largest absolute Gasteiger partial charge is 0.467 e. The monoisotopic (exact) mass is 252 g/mol. The Hall–Kier alpha value is -1.82. The van der Waals surface area contributed by atoms with E-state index in [9.17, 15) is 9.59 Å². The van der Waals surface area contributed by atoms with E-state index in [1.165, 1.54) is 29.2 Å². The van der Waals surface area contributed by atoms with E-state index < -0.39 is 12.0 Å². The molecule has 0 bridgehead atoms. The number of nitrogens with zero attached hydrogens (tertiary/aromatic N) is 1. The van der Waals surface area contributed by atoms with E-state index in [4.69, 9.17) is 0 Å². The molecule has 2 aromatic rings. The maximum Gasteiger partial charge on any atom is 0.330 e. The molecule has 2 aromatic heterocycles. The minimum absolute atomic E-state index is 0.244. The minimum Gasteiger partial charge on any atom is -0.467 e. The van der Waals surface area contributed by atoms with Gasteiger partial charge in [-0.25, -0.2) is 9.48 Å². The van der Waals surface area contributed by atoms with Crippen molar-refractivity contribution in [2.24, 2.45) is 0 Å². The number of nitrogens with one attached hydrogen (secondary N) is 1. The topological polar surface area (TPSA) is 64.1 Å². The van der Waals surface area contributed by atoms with E-state index in [2.05, 4.69) is 9.84 Å². The minimum atomic E-state index is -0.652. The molecule has 0 fully saturated rings. The summed E-state index contributed by atoms with van der Waals surface area (Å²) in [5, 5.41) is 4.84. The number of H-pyrrole nitrogens is 1. The number of rotatable bonds is 3.